The number of aromatic nitrogens is 1. The Morgan fingerprint density at radius 1 is 1.44 bits per heavy atom. The number of aliphatic hydroxyl groups is 1. The standard InChI is InChI=1S/C19H23FN4O2.HI/c1-2-22-19(24-9-7-15(25)13-24)23-11-14-5-6-18(17(20)10-14)26-16-4-3-8-21-12-16;/h3-6,8,10,12,15,25H,2,7,9,11,13H2,1H3,(H,22,23);1H/t15-;/m1./s1. The van der Waals surface area contributed by atoms with E-state index >= 15 is 0 Å². The Labute approximate surface area is 175 Å². The molecule has 2 heterocycles. The van der Waals surface area contributed by atoms with E-state index in [9.17, 15) is 9.50 Å². The van der Waals surface area contributed by atoms with Gasteiger partial charge in [0.25, 0.3) is 0 Å². The molecule has 0 aliphatic carbocycles. The van der Waals surface area contributed by atoms with E-state index in [1.165, 1.54) is 12.3 Å². The van der Waals surface area contributed by atoms with Gasteiger partial charge >= 0.3 is 0 Å². The van der Waals surface area contributed by atoms with Crippen LogP contribution in [0.2, 0.25) is 0 Å². The van der Waals surface area contributed by atoms with Gasteiger partial charge in [0.1, 0.15) is 5.75 Å². The molecule has 0 spiro atoms. The lowest BCUT2D eigenvalue weighted by atomic mass is 10.2. The van der Waals surface area contributed by atoms with Crippen LogP contribution < -0.4 is 10.1 Å². The van der Waals surface area contributed by atoms with E-state index in [4.69, 9.17) is 4.74 Å². The van der Waals surface area contributed by atoms with Gasteiger partial charge in [-0.1, -0.05) is 6.07 Å². The molecule has 1 fully saturated rings. The molecule has 2 N–H and O–H groups in total. The van der Waals surface area contributed by atoms with Crippen LogP contribution in [0.3, 0.4) is 0 Å². The zero-order chi connectivity index (χ0) is 18.4. The van der Waals surface area contributed by atoms with Crippen LogP contribution in [0.25, 0.3) is 0 Å². The van der Waals surface area contributed by atoms with Crippen molar-refractivity contribution in [2.45, 2.75) is 26.0 Å². The predicted molar refractivity (Wildman–Crippen MR) is 113 cm³/mol. The third-order valence-corrected chi connectivity index (χ3v) is 4.07. The Balaban J connectivity index is 0.00000261. The molecule has 3 rings (SSSR count). The molecule has 0 amide bonds. The molecule has 27 heavy (non-hydrogen) atoms. The van der Waals surface area contributed by atoms with Gasteiger partial charge in [0.05, 0.1) is 18.8 Å². The Hall–Kier alpha value is -1.94. The summed E-state index contributed by atoms with van der Waals surface area (Å²) in [5.41, 5.74) is 0.746. The summed E-state index contributed by atoms with van der Waals surface area (Å²) in [5, 5.41) is 12.9. The number of hydrogen-bond acceptors (Lipinski definition) is 4. The first-order chi connectivity index (χ1) is 12.7. The molecule has 0 unspecified atom stereocenters. The lowest BCUT2D eigenvalue weighted by Gasteiger charge is -2.21. The minimum Gasteiger partial charge on any atom is -0.453 e. The molecule has 0 radical (unpaired) electrons. The lowest BCUT2D eigenvalue weighted by Crippen LogP contribution is -2.40. The molecule has 146 valence electrons. The number of aliphatic imine (C=N–C) groups is 1. The minimum absolute atomic E-state index is 0. The van der Waals surface area contributed by atoms with E-state index in [-0.39, 0.29) is 35.8 Å². The number of nitrogens with one attached hydrogen (secondary N) is 1. The summed E-state index contributed by atoms with van der Waals surface area (Å²) < 4.78 is 19.8. The molecule has 0 saturated carbocycles. The van der Waals surface area contributed by atoms with Crippen molar-refractivity contribution in [2.24, 2.45) is 4.99 Å². The second-order valence-electron chi connectivity index (χ2n) is 6.11. The fourth-order valence-electron chi connectivity index (χ4n) is 2.79. The van der Waals surface area contributed by atoms with Crippen LogP contribution in [0.5, 0.6) is 11.5 Å². The maximum atomic E-state index is 14.3. The molecule has 1 aromatic carbocycles. The van der Waals surface area contributed by atoms with Gasteiger partial charge in [-0.3, -0.25) is 4.98 Å². The average Bonchev–Trinajstić information content (AvgIpc) is 3.08. The monoisotopic (exact) mass is 486 g/mol. The smallest absolute Gasteiger partial charge is 0.194 e. The molecule has 2 aromatic rings. The SMILES string of the molecule is CCNC(=NCc1ccc(Oc2cccnc2)c(F)c1)N1CC[C@@H](O)C1.I. The molecule has 0 bridgehead atoms. The van der Waals surface area contributed by atoms with Gasteiger partial charge < -0.3 is 20.1 Å². The summed E-state index contributed by atoms with van der Waals surface area (Å²) in [6, 6.07) is 8.27. The molecule has 8 heteroatoms. The van der Waals surface area contributed by atoms with Crippen molar-refractivity contribution >= 4 is 29.9 Å². The maximum absolute atomic E-state index is 14.3. The highest BCUT2D eigenvalue weighted by Gasteiger charge is 2.22. The summed E-state index contributed by atoms with van der Waals surface area (Å²) >= 11 is 0. The van der Waals surface area contributed by atoms with Crippen molar-refractivity contribution in [1.82, 2.24) is 15.2 Å². The molecule has 1 atom stereocenters. The average molecular weight is 486 g/mol. The number of pyridine rings is 1. The molecule has 6 nitrogen and oxygen atoms in total. The van der Waals surface area contributed by atoms with Crippen LogP contribution in [0.1, 0.15) is 18.9 Å². The quantitative estimate of drug-likeness (QED) is 0.386. The number of hydrogen-bond donors (Lipinski definition) is 2. The second kappa shape index (κ2) is 10.4. The van der Waals surface area contributed by atoms with Crippen molar-refractivity contribution < 1.29 is 14.2 Å². The van der Waals surface area contributed by atoms with Crippen LogP contribution in [0.4, 0.5) is 4.39 Å². The molecule has 1 aliphatic heterocycles. The first-order valence-corrected chi connectivity index (χ1v) is 8.73. The Morgan fingerprint density at radius 3 is 2.93 bits per heavy atom. The van der Waals surface area contributed by atoms with Gasteiger partial charge in [-0.05, 0) is 43.2 Å². The van der Waals surface area contributed by atoms with Crippen LogP contribution in [-0.4, -0.2) is 46.7 Å². The highest BCUT2D eigenvalue weighted by Crippen LogP contribution is 2.24. The summed E-state index contributed by atoms with van der Waals surface area (Å²) in [6.45, 7) is 4.40. The molecule has 1 saturated heterocycles. The highest BCUT2D eigenvalue weighted by atomic mass is 127. The van der Waals surface area contributed by atoms with Crippen molar-refractivity contribution in [3.05, 3.63) is 54.1 Å². The number of aliphatic hydroxyl groups excluding tert-OH is 1. The van der Waals surface area contributed by atoms with E-state index in [1.54, 1.807) is 30.5 Å². The largest absolute Gasteiger partial charge is 0.453 e. The van der Waals surface area contributed by atoms with Gasteiger partial charge in [0, 0.05) is 25.8 Å². The second-order valence-corrected chi connectivity index (χ2v) is 6.11. The molecule has 1 aromatic heterocycles. The fraction of sp³-hybridized carbons (Fsp3) is 0.368. The first kappa shape index (κ1) is 21.4. The summed E-state index contributed by atoms with van der Waals surface area (Å²) in [6.07, 6.45) is 3.58. The third-order valence-electron chi connectivity index (χ3n) is 4.07. The number of β-amino-alcohol motifs (C(OH)–C–C–N with tert-alkyl or cyclic N) is 1. The van der Waals surface area contributed by atoms with Gasteiger partial charge in [-0.25, -0.2) is 9.38 Å². The van der Waals surface area contributed by atoms with Gasteiger partial charge in [0.2, 0.25) is 0 Å². The summed E-state index contributed by atoms with van der Waals surface area (Å²) in [7, 11) is 0. The molecule has 1 aliphatic rings. The maximum Gasteiger partial charge on any atom is 0.194 e. The van der Waals surface area contributed by atoms with E-state index in [1.807, 2.05) is 11.8 Å². The van der Waals surface area contributed by atoms with Crippen LogP contribution in [0, 0.1) is 5.82 Å². The zero-order valence-electron chi connectivity index (χ0n) is 15.1. The number of guanidine groups is 1. The zero-order valence-corrected chi connectivity index (χ0v) is 17.5. The van der Waals surface area contributed by atoms with Crippen LogP contribution in [-0.2, 0) is 6.54 Å². The van der Waals surface area contributed by atoms with E-state index < -0.39 is 5.82 Å². The van der Waals surface area contributed by atoms with Gasteiger partial charge in [-0.15, -0.1) is 24.0 Å². The number of rotatable bonds is 5. The molecular formula is C19H24FIN4O2. The number of nitrogens with zero attached hydrogens (tertiary/aromatic N) is 3. The number of likely N-dealkylation sites (tertiary alicyclic amines) is 1. The van der Waals surface area contributed by atoms with E-state index in [0.717, 1.165) is 31.0 Å². The summed E-state index contributed by atoms with van der Waals surface area (Å²) in [4.78, 5) is 10.5. The fourth-order valence-corrected chi connectivity index (χ4v) is 2.79. The first-order valence-electron chi connectivity index (χ1n) is 8.73. The Kier molecular flexibility index (Phi) is 8.23. The normalized spacial score (nSPS) is 16.8. The number of halogens is 2. The Morgan fingerprint density at radius 2 is 2.30 bits per heavy atom. The predicted octanol–water partition coefficient (Wildman–Crippen LogP) is 3.16. The summed E-state index contributed by atoms with van der Waals surface area (Å²) in [5.74, 6) is 0.933. The topological polar surface area (TPSA) is 70.0 Å². The number of benzene rings is 1. The minimum atomic E-state index is -0.442. The van der Waals surface area contributed by atoms with E-state index in [2.05, 4.69) is 15.3 Å². The molecular weight excluding hydrogens is 462 g/mol. The van der Waals surface area contributed by atoms with Crippen LogP contribution in [0.15, 0.2) is 47.7 Å². The van der Waals surface area contributed by atoms with Crippen molar-refractivity contribution in [1.29, 1.82) is 0 Å². The Bertz CT molecular complexity index is 761. The van der Waals surface area contributed by atoms with Gasteiger partial charge in [0.15, 0.2) is 17.5 Å². The van der Waals surface area contributed by atoms with Gasteiger partial charge in [-0.2, -0.15) is 0 Å². The van der Waals surface area contributed by atoms with E-state index in [0.29, 0.717) is 18.8 Å². The number of ether oxygens (including phenoxy) is 1. The van der Waals surface area contributed by atoms with Crippen molar-refractivity contribution in [2.75, 3.05) is 19.6 Å². The van der Waals surface area contributed by atoms with Crippen molar-refractivity contribution in [3.8, 4) is 11.5 Å². The lowest BCUT2D eigenvalue weighted by molar-refractivity contribution is 0.188. The van der Waals surface area contributed by atoms with Crippen LogP contribution >= 0.6 is 24.0 Å². The van der Waals surface area contributed by atoms with Crippen molar-refractivity contribution in [3.63, 3.8) is 0 Å². The highest BCUT2D eigenvalue weighted by molar-refractivity contribution is 14.0. The third kappa shape index (κ3) is 6.03.